The van der Waals surface area contributed by atoms with Crippen LogP contribution in [0.15, 0.2) is 66.7 Å². The maximum Gasteiger partial charge on any atom is 0.277 e. The number of anilines is 1. The van der Waals surface area contributed by atoms with Gasteiger partial charge in [-0.25, -0.2) is 0 Å². The summed E-state index contributed by atoms with van der Waals surface area (Å²) in [4.78, 5) is 15.4. The van der Waals surface area contributed by atoms with Crippen molar-refractivity contribution < 1.29 is 14.3 Å². The minimum Gasteiger partial charge on any atom is -0.493 e. The fraction of sp³-hybridized carbons (Fsp3) is 0.154. The summed E-state index contributed by atoms with van der Waals surface area (Å²) in [5.41, 5.74) is 5.69. The van der Waals surface area contributed by atoms with E-state index in [1.54, 1.807) is 19.1 Å². The number of aromatic nitrogens is 2. The number of rotatable bonds is 5. The minimum absolute atomic E-state index is 0.138. The maximum absolute atomic E-state index is 13.6. The number of hydrogen-bond acceptors (Lipinski definition) is 4. The molecule has 1 atom stereocenters. The number of amides is 1. The van der Waals surface area contributed by atoms with Crippen LogP contribution >= 0.6 is 11.6 Å². The SMILES string of the molecule is COc1ccc([C@@H]2c3c(-c4ccc(Cl)cc4)n[nH]c3C(=O)N2c2ccc(C)cc2)cc1OC. The first kappa shape index (κ1) is 21.1. The molecule has 1 aliphatic rings. The van der Waals surface area contributed by atoms with Gasteiger partial charge < -0.3 is 9.47 Å². The molecule has 5 rings (SSSR count). The second-order valence-corrected chi connectivity index (χ2v) is 8.33. The van der Waals surface area contributed by atoms with E-state index in [0.717, 1.165) is 27.9 Å². The number of nitrogens with zero attached hydrogens (tertiary/aromatic N) is 2. The van der Waals surface area contributed by atoms with Gasteiger partial charge in [-0.15, -0.1) is 0 Å². The zero-order valence-corrected chi connectivity index (χ0v) is 19.2. The van der Waals surface area contributed by atoms with Gasteiger partial charge in [0.2, 0.25) is 0 Å². The van der Waals surface area contributed by atoms with Crippen LogP contribution in [0, 0.1) is 6.92 Å². The van der Waals surface area contributed by atoms with E-state index in [1.807, 2.05) is 73.7 Å². The number of carbonyl (C=O) groups excluding carboxylic acids is 1. The molecule has 0 spiro atoms. The first-order valence-electron chi connectivity index (χ1n) is 10.5. The van der Waals surface area contributed by atoms with Gasteiger partial charge in [-0.1, -0.05) is 47.5 Å². The van der Waals surface area contributed by atoms with Crippen LogP contribution < -0.4 is 14.4 Å². The molecule has 2 heterocycles. The monoisotopic (exact) mass is 459 g/mol. The molecule has 0 radical (unpaired) electrons. The Morgan fingerprint density at radius 2 is 1.64 bits per heavy atom. The number of nitrogens with one attached hydrogen (secondary N) is 1. The normalized spacial score (nSPS) is 15.0. The van der Waals surface area contributed by atoms with Crippen LogP contribution in [-0.4, -0.2) is 30.3 Å². The van der Waals surface area contributed by atoms with Gasteiger partial charge in [0, 0.05) is 21.8 Å². The van der Waals surface area contributed by atoms with Gasteiger partial charge in [0.1, 0.15) is 5.69 Å². The first-order valence-corrected chi connectivity index (χ1v) is 10.9. The predicted octanol–water partition coefficient (Wildman–Crippen LogP) is 5.81. The lowest BCUT2D eigenvalue weighted by atomic mass is 9.95. The van der Waals surface area contributed by atoms with Crippen LogP contribution in [0.25, 0.3) is 11.3 Å². The van der Waals surface area contributed by atoms with Gasteiger partial charge in [-0.05, 0) is 48.9 Å². The number of halogens is 1. The number of hydrogen-bond donors (Lipinski definition) is 1. The number of aromatic amines is 1. The van der Waals surface area contributed by atoms with Gasteiger partial charge in [0.05, 0.1) is 26.0 Å². The van der Waals surface area contributed by atoms with Crippen molar-refractivity contribution in [2.24, 2.45) is 0 Å². The van der Waals surface area contributed by atoms with Crippen LogP contribution in [0.1, 0.15) is 33.2 Å². The molecule has 0 unspecified atom stereocenters. The van der Waals surface area contributed by atoms with Crippen molar-refractivity contribution >= 4 is 23.2 Å². The maximum atomic E-state index is 13.6. The zero-order chi connectivity index (χ0) is 23.1. The highest BCUT2D eigenvalue weighted by Gasteiger charge is 2.43. The van der Waals surface area contributed by atoms with Crippen molar-refractivity contribution in [1.82, 2.24) is 10.2 Å². The Bertz CT molecular complexity index is 1330. The molecule has 6 nitrogen and oxygen atoms in total. The van der Waals surface area contributed by atoms with Crippen LogP contribution in [-0.2, 0) is 0 Å². The summed E-state index contributed by atoms with van der Waals surface area (Å²) in [5, 5.41) is 8.13. The van der Waals surface area contributed by atoms with E-state index in [4.69, 9.17) is 21.1 Å². The van der Waals surface area contributed by atoms with Crippen LogP contribution in [0.4, 0.5) is 5.69 Å². The number of aryl methyl sites for hydroxylation is 1. The Morgan fingerprint density at radius 3 is 2.30 bits per heavy atom. The third kappa shape index (κ3) is 3.52. The molecule has 1 amide bonds. The molecule has 1 N–H and O–H groups in total. The van der Waals surface area contributed by atoms with Gasteiger partial charge in [0.25, 0.3) is 5.91 Å². The van der Waals surface area contributed by atoms with Gasteiger partial charge in [0.15, 0.2) is 11.5 Å². The molecule has 0 aliphatic carbocycles. The molecule has 7 heteroatoms. The molecule has 4 aromatic rings. The minimum atomic E-state index is -0.403. The second-order valence-electron chi connectivity index (χ2n) is 7.90. The molecule has 0 saturated carbocycles. The van der Waals surface area contributed by atoms with Gasteiger partial charge in [-0.3, -0.25) is 14.8 Å². The second kappa shape index (κ2) is 8.30. The average Bonchev–Trinajstić information content (AvgIpc) is 3.39. The third-order valence-electron chi connectivity index (χ3n) is 5.92. The van der Waals surface area contributed by atoms with Gasteiger partial charge in [-0.2, -0.15) is 5.10 Å². The lowest BCUT2D eigenvalue weighted by Gasteiger charge is -2.27. The number of ether oxygens (including phenoxy) is 2. The lowest BCUT2D eigenvalue weighted by molar-refractivity contribution is 0.0988. The standard InChI is InChI=1S/C26H22ClN3O3/c1-15-4-11-19(12-5-15)30-25(17-8-13-20(32-2)21(14-17)33-3)22-23(28-29-24(22)26(30)31)16-6-9-18(27)10-7-16/h4-14,25H,1-3H3,(H,28,29)/t25-/m1/s1. The zero-order valence-electron chi connectivity index (χ0n) is 18.4. The van der Waals surface area contributed by atoms with E-state index in [1.165, 1.54) is 0 Å². The van der Waals surface area contributed by atoms with E-state index in [0.29, 0.717) is 27.9 Å². The Hall–Kier alpha value is -3.77. The molecule has 0 bridgehead atoms. The number of fused-ring (bicyclic) bond motifs is 1. The molecule has 166 valence electrons. The van der Waals surface area contributed by atoms with Crippen molar-refractivity contribution in [3.8, 4) is 22.8 Å². The summed E-state index contributed by atoms with van der Waals surface area (Å²) in [7, 11) is 3.20. The Morgan fingerprint density at radius 1 is 0.939 bits per heavy atom. The molecule has 1 aromatic heterocycles. The van der Waals surface area contributed by atoms with Crippen molar-refractivity contribution in [1.29, 1.82) is 0 Å². The summed E-state index contributed by atoms with van der Waals surface area (Å²) in [6, 6.07) is 20.7. The average molecular weight is 460 g/mol. The number of benzene rings is 3. The number of methoxy groups -OCH3 is 2. The van der Waals surface area contributed by atoms with Crippen molar-refractivity contribution in [3.05, 3.63) is 94.1 Å². The summed E-state index contributed by atoms with van der Waals surface area (Å²) < 4.78 is 11.0. The molecular weight excluding hydrogens is 438 g/mol. The first-order chi connectivity index (χ1) is 16.0. The largest absolute Gasteiger partial charge is 0.493 e. The molecule has 1 aliphatic heterocycles. The quantitative estimate of drug-likeness (QED) is 0.409. The molecular formula is C26H22ClN3O3. The molecule has 0 fully saturated rings. The fourth-order valence-electron chi connectivity index (χ4n) is 4.28. The van der Waals surface area contributed by atoms with E-state index >= 15 is 0 Å². The smallest absolute Gasteiger partial charge is 0.277 e. The topological polar surface area (TPSA) is 67.5 Å². The molecule has 0 saturated heterocycles. The Kier molecular flexibility index (Phi) is 5.30. The van der Waals surface area contributed by atoms with E-state index in [9.17, 15) is 4.79 Å². The van der Waals surface area contributed by atoms with Crippen LogP contribution in [0.3, 0.4) is 0 Å². The van der Waals surface area contributed by atoms with Gasteiger partial charge >= 0.3 is 0 Å². The van der Waals surface area contributed by atoms with E-state index in [2.05, 4.69) is 10.2 Å². The lowest BCUT2D eigenvalue weighted by Crippen LogP contribution is -2.29. The Balaban J connectivity index is 1.72. The highest BCUT2D eigenvalue weighted by Crippen LogP contribution is 2.46. The van der Waals surface area contributed by atoms with Crippen molar-refractivity contribution in [3.63, 3.8) is 0 Å². The number of carbonyl (C=O) groups is 1. The summed E-state index contributed by atoms with van der Waals surface area (Å²) in [6.45, 7) is 2.02. The number of H-pyrrole nitrogens is 1. The van der Waals surface area contributed by atoms with Crippen LogP contribution in [0.5, 0.6) is 11.5 Å². The van der Waals surface area contributed by atoms with E-state index < -0.39 is 6.04 Å². The summed E-state index contributed by atoms with van der Waals surface area (Å²) in [5.74, 6) is 1.08. The van der Waals surface area contributed by atoms with Crippen LogP contribution in [0.2, 0.25) is 5.02 Å². The molecule has 33 heavy (non-hydrogen) atoms. The third-order valence-corrected chi connectivity index (χ3v) is 6.17. The fourth-order valence-corrected chi connectivity index (χ4v) is 4.41. The van der Waals surface area contributed by atoms with Crippen molar-refractivity contribution in [2.75, 3.05) is 19.1 Å². The highest BCUT2D eigenvalue weighted by atomic mass is 35.5. The summed E-state index contributed by atoms with van der Waals surface area (Å²) >= 11 is 6.10. The predicted molar refractivity (Wildman–Crippen MR) is 128 cm³/mol. The molecule has 3 aromatic carbocycles. The van der Waals surface area contributed by atoms with Crippen molar-refractivity contribution in [2.45, 2.75) is 13.0 Å². The Labute approximate surface area is 196 Å². The highest BCUT2D eigenvalue weighted by molar-refractivity contribution is 6.30. The van der Waals surface area contributed by atoms with E-state index in [-0.39, 0.29) is 5.91 Å². The summed E-state index contributed by atoms with van der Waals surface area (Å²) in [6.07, 6.45) is 0.